The molecule has 20 heavy (non-hydrogen) atoms. The highest BCUT2D eigenvalue weighted by Crippen LogP contribution is 2.23. The molecular formula is C15H21N3O2. The molecule has 0 aliphatic rings. The number of aromatic nitrogens is 3. The van der Waals surface area contributed by atoms with Gasteiger partial charge in [-0.25, -0.2) is 0 Å². The predicted molar refractivity (Wildman–Crippen MR) is 76.0 cm³/mol. The quantitative estimate of drug-likeness (QED) is 0.929. The molecule has 1 atom stereocenters. The summed E-state index contributed by atoms with van der Waals surface area (Å²) in [6.45, 7) is 8.25. The van der Waals surface area contributed by atoms with Crippen LogP contribution in [0.3, 0.4) is 0 Å². The van der Waals surface area contributed by atoms with E-state index >= 15 is 0 Å². The van der Waals surface area contributed by atoms with Gasteiger partial charge in [-0.2, -0.15) is 4.98 Å². The van der Waals surface area contributed by atoms with Crippen LogP contribution in [0.2, 0.25) is 0 Å². The zero-order valence-corrected chi connectivity index (χ0v) is 12.4. The van der Waals surface area contributed by atoms with E-state index in [1.165, 1.54) is 0 Å². The number of aliphatic hydroxyl groups excluding tert-OH is 1. The summed E-state index contributed by atoms with van der Waals surface area (Å²) in [7, 11) is 0. The summed E-state index contributed by atoms with van der Waals surface area (Å²) in [4.78, 5) is 8.40. The zero-order chi connectivity index (χ0) is 14.8. The Bertz CT molecular complexity index is 572. The molecule has 2 aromatic rings. The molecule has 0 radical (unpaired) electrons. The predicted octanol–water partition coefficient (Wildman–Crippen LogP) is 2.78. The van der Waals surface area contributed by atoms with Crippen molar-refractivity contribution < 1.29 is 9.63 Å². The van der Waals surface area contributed by atoms with Crippen LogP contribution in [0.15, 0.2) is 23.0 Å². The molecule has 0 bridgehead atoms. The Labute approximate surface area is 119 Å². The molecule has 2 heterocycles. The van der Waals surface area contributed by atoms with Crippen LogP contribution in [-0.4, -0.2) is 26.3 Å². The molecule has 0 spiro atoms. The van der Waals surface area contributed by atoms with E-state index < -0.39 is 6.10 Å². The number of hydrogen-bond donors (Lipinski definition) is 1. The Balaban J connectivity index is 2.08. The Morgan fingerprint density at radius 3 is 2.75 bits per heavy atom. The van der Waals surface area contributed by atoms with Crippen molar-refractivity contribution >= 4 is 0 Å². The van der Waals surface area contributed by atoms with E-state index in [0.29, 0.717) is 24.6 Å². The van der Waals surface area contributed by atoms with Crippen molar-refractivity contribution in [2.24, 2.45) is 5.41 Å². The van der Waals surface area contributed by atoms with Crippen LogP contribution in [0.25, 0.3) is 11.4 Å². The van der Waals surface area contributed by atoms with Gasteiger partial charge < -0.3 is 9.63 Å². The van der Waals surface area contributed by atoms with Crippen molar-refractivity contribution in [1.82, 2.24) is 15.1 Å². The fourth-order valence-electron chi connectivity index (χ4n) is 2.13. The van der Waals surface area contributed by atoms with E-state index in [2.05, 4.69) is 35.9 Å². The molecule has 0 saturated heterocycles. The number of nitrogens with zero attached hydrogens (tertiary/aromatic N) is 3. The molecule has 5 heteroatoms. The molecule has 1 unspecified atom stereocenters. The average molecular weight is 275 g/mol. The average Bonchev–Trinajstić information content (AvgIpc) is 2.75. The Kier molecular flexibility index (Phi) is 4.18. The van der Waals surface area contributed by atoms with Crippen LogP contribution >= 0.6 is 0 Å². The van der Waals surface area contributed by atoms with Gasteiger partial charge >= 0.3 is 0 Å². The third kappa shape index (κ3) is 3.87. The van der Waals surface area contributed by atoms with E-state index in [4.69, 9.17) is 4.52 Å². The lowest BCUT2D eigenvalue weighted by Crippen LogP contribution is -2.19. The van der Waals surface area contributed by atoms with Gasteiger partial charge in [-0.15, -0.1) is 0 Å². The molecule has 0 saturated carbocycles. The lowest BCUT2D eigenvalue weighted by Gasteiger charge is -2.21. The Hall–Kier alpha value is -1.75. The third-order valence-corrected chi connectivity index (χ3v) is 3.01. The van der Waals surface area contributed by atoms with Crippen LogP contribution < -0.4 is 0 Å². The van der Waals surface area contributed by atoms with Gasteiger partial charge in [0.2, 0.25) is 11.7 Å². The first-order chi connectivity index (χ1) is 9.35. The highest BCUT2D eigenvalue weighted by atomic mass is 16.5. The van der Waals surface area contributed by atoms with Gasteiger partial charge in [0.25, 0.3) is 0 Å². The monoisotopic (exact) mass is 275 g/mol. The summed E-state index contributed by atoms with van der Waals surface area (Å²) in [5.41, 5.74) is 1.97. The molecular weight excluding hydrogens is 254 g/mol. The standard InChI is InChI=1S/C15H21N3O2/c1-10-5-6-16-9-12(10)14-17-13(20-18-14)7-11(19)8-15(2,3)4/h5-6,9,11,19H,7-8H2,1-4H3. The van der Waals surface area contributed by atoms with Gasteiger partial charge in [0, 0.05) is 18.0 Å². The van der Waals surface area contributed by atoms with Crippen molar-refractivity contribution in [3.63, 3.8) is 0 Å². The van der Waals surface area contributed by atoms with Crippen LogP contribution in [0.1, 0.15) is 38.6 Å². The van der Waals surface area contributed by atoms with E-state index in [1.54, 1.807) is 12.4 Å². The van der Waals surface area contributed by atoms with Crippen LogP contribution in [-0.2, 0) is 6.42 Å². The molecule has 2 rings (SSSR count). The third-order valence-electron chi connectivity index (χ3n) is 3.01. The molecule has 0 aliphatic carbocycles. The molecule has 5 nitrogen and oxygen atoms in total. The highest BCUT2D eigenvalue weighted by Gasteiger charge is 2.20. The number of hydrogen-bond acceptors (Lipinski definition) is 5. The van der Waals surface area contributed by atoms with Crippen LogP contribution in [0, 0.1) is 12.3 Å². The summed E-state index contributed by atoms with van der Waals surface area (Å²) < 4.78 is 5.21. The van der Waals surface area contributed by atoms with Crippen LogP contribution in [0.4, 0.5) is 0 Å². The second kappa shape index (κ2) is 5.71. The van der Waals surface area contributed by atoms with Gasteiger partial charge in [-0.1, -0.05) is 25.9 Å². The Morgan fingerprint density at radius 2 is 2.10 bits per heavy atom. The SMILES string of the molecule is Cc1ccncc1-c1noc(CC(O)CC(C)(C)C)n1. The molecule has 2 aromatic heterocycles. The van der Waals surface area contributed by atoms with E-state index in [0.717, 1.165) is 11.1 Å². The maximum absolute atomic E-state index is 10.0. The molecule has 0 fully saturated rings. The smallest absolute Gasteiger partial charge is 0.229 e. The Morgan fingerprint density at radius 1 is 1.35 bits per heavy atom. The van der Waals surface area contributed by atoms with E-state index in [1.807, 2.05) is 13.0 Å². The van der Waals surface area contributed by atoms with Crippen LogP contribution in [0.5, 0.6) is 0 Å². The zero-order valence-electron chi connectivity index (χ0n) is 12.4. The van der Waals surface area contributed by atoms with Crippen molar-refractivity contribution in [2.75, 3.05) is 0 Å². The molecule has 0 aliphatic heterocycles. The highest BCUT2D eigenvalue weighted by molar-refractivity contribution is 5.57. The van der Waals surface area contributed by atoms with E-state index in [-0.39, 0.29) is 5.41 Å². The van der Waals surface area contributed by atoms with E-state index in [9.17, 15) is 5.11 Å². The first kappa shape index (κ1) is 14.7. The van der Waals surface area contributed by atoms with Gasteiger partial charge in [0.1, 0.15) is 0 Å². The maximum Gasteiger partial charge on any atom is 0.229 e. The second-order valence-corrected chi connectivity index (χ2v) is 6.33. The summed E-state index contributed by atoms with van der Waals surface area (Å²) in [6, 6.07) is 1.90. The fourth-order valence-corrected chi connectivity index (χ4v) is 2.13. The summed E-state index contributed by atoms with van der Waals surface area (Å²) in [5.74, 6) is 0.980. The second-order valence-electron chi connectivity index (χ2n) is 6.33. The normalized spacial score (nSPS) is 13.4. The van der Waals surface area contributed by atoms with Gasteiger partial charge in [0.15, 0.2) is 0 Å². The van der Waals surface area contributed by atoms with Crippen molar-refractivity contribution in [1.29, 1.82) is 0 Å². The molecule has 0 amide bonds. The number of aliphatic hydroxyl groups is 1. The van der Waals surface area contributed by atoms with Crippen molar-refractivity contribution in [2.45, 2.75) is 46.6 Å². The minimum Gasteiger partial charge on any atom is -0.393 e. The minimum atomic E-state index is -0.474. The lowest BCUT2D eigenvalue weighted by molar-refractivity contribution is 0.113. The van der Waals surface area contributed by atoms with Gasteiger partial charge in [-0.3, -0.25) is 4.98 Å². The number of pyridine rings is 1. The first-order valence-electron chi connectivity index (χ1n) is 6.77. The summed E-state index contributed by atoms with van der Waals surface area (Å²) in [6.07, 6.45) is 4.04. The fraction of sp³-hybridized carbons (Fsp3) is 0.533. The molecule has 0 aromatic carbocycles. The molecule has 108 valence electrons. The van der Waals surface area contributed by atoms with Crippen molar-refractivity contribution in [3.8, 4) is 11.4 Å². The largest absolute Gasteiger partial charge is 0.393 e. The van der Waals surface area contributed by atoms with Crippen molar-refractivity contribution in [3.05, 3.63) is 29.9 Å². The van der Waals surface area contributed by atoms with Gasteiger partial charge in [-0.05, 0) is 30.4 Å². The molecule has 1 N–H and O–H groups in total. The topological polar surface area (TPSA) is 72.0 Å². The van der Waals surface area contributed by atoms with Gasteiger partial charge in [0.05, 0.1) is 12.5 Å². The summed E-state index contributed by atoms with van der Waals surface area (Å²) >= 11 is 0. The lowest BCUT2D eigenvalue weighted by atomic mass is 9.88. The minimum absolute atomic E-state index is 0.0716. The first-order valence-corrected chi connectivity index (χ1v) is 6.77. The maximum atomic E-state index is 10.0. The number of rotatable bonds is 4. The summed E-state index contributed by atoms with van der Waals surface area (Å²) in [5, 5.41) is 14.0. The number of aryl methyl sites for hydroxylation is 1.